The number of hydrogen-bond donors (Lipinski definition) is 0. The summed E-state index contributed by atoms with van der Waals surface area (Å²) in [6.45, 7) is 7.52. The van der Waals surface area contributed by atoms with Crippen LogP contribution in [-0.2, 0) is 4.79 Å². The van der Waals surface area contributed by atoms with Crippen LogP contribution in [0.15, 0.2) is 18.2 Å². The number of nitrogens with zero attached hydrogens (tertiary/aromatic N) is 1. The van der Waals surface area contributed by atoms with Crippen LogP contribution in [-0.4, -0.2) is 36.9 Å². The van der Waals surface area contributed by atoms with Gasteiger partial charge in [0, 0.05) is 32.5 Å². The quantitative estimate of drug-likeness (QED) is 0.818. The van der Waals surface area contributed by atoms with Crippen molar-refractivity contribution in [3.8, 4) is 5.75 Å². The molecule has 0 bridgehead atoms. The number of aryl methyl sites for hydroxylation is 2. The van der Waals surface area contributed by atoms with E-state index in [9.17, 15) is 4.79 Å². The molecule has 18 heavy (non-hydrogen) atoms. The minimum atomic E-state index is 0.390. The molecule has 0 saturated carbocycles. The first kappa shape index (κ1) is 13.1. The average Bonchev–Trinajstić information content (AvgIpc) is 2.30. The average molecular weight is 247 g/mol. The second-order valence-electron chi connectivity index (χ2n) is 5.05. The molecule has 1 aliphatic heterocycles. The third-order valence-corrected chi connectivity index (χ3v) is 3.29. The van der Waals surface area contributed by atoms with Crippen molar-refractivity contribution in [2.45, 2.75) is 26.7 Å². The summed E-state index contributed by atoms with van der Waals surface area (Å²) in [5.41, 5.74) is 2.46. The summed E-state index contributed by atoms with van der Waals surface area (Å²) in [5, 5.41) is 0. The molecule has 3 heteroatoms. The second-order valence-corrected chi connectivity index (χ2v) is 5.05. The highest BCUT2D eigenvalue weighted by Gasteiger charge is 2.15. The first-order valence-corrected chi connectivity index (χ1v) is 6.58. The van der Waals surface area contributed by atoms with E-state index in [1.54, 1.807) is 0 Å². The molecule has 0 spiro atoms. The van der Waals surface area contributed by atoms with Gasteiger partial charge in [0.1, 0.15) is 18.1 Å². The molecule has 1 aromatic rings. The molecule has 0 unspecified atom stereocenters. The van der Waals surface area contributed by atoms with Gasteiger partial charge in [0.05, 0.1) is 0 Å². The maximum atomic E-state index is 11.1. The minimum Gasteiger partial charge on any atom is -0.492 e. The van der Waals surface area contributed by atoms with E-state index in [1.807, 2.05) is 0 Å². The SMILES string of the molecule is Cc1cc(C)cc(OCCN2CCC(=O)CC2)c1. The molecule has 98 valence electrons. The molecule has 0 N–H and O–H groups in total. The maximum absolute atomic E-state index is 11.1. The normalized spacial score (nSPS) is 16.9. The van der Waals surface area contributed by atoms with Crippen molar-refractivity contribution < 1.29 is 9.53 Å². The molecule has 0 atom stereocenters. The predicted molar refractivity (Wildman–Crippen MR) is 72.1 cm³/mol. The number of carbonyl (C=O) groups excluding carboxylic acids is 1. The van der Waals surface area contributed by atoms with Gasteiger partial charge in [0.25, 0.3) is 0 Å². The molecule has 1 aromatic carbocycles. The molecule has 1 aliphatic rings. The van der Waals surface area contributed by atoms with Crippen LogP contribution in [0.1, 0.15) is 24.0 Å². The Hall–Kier alpha value is -1.35. The van der Waals surface area contributed by atoms with Crippen LogP contribution < -0.4 is 4.74 Å². The minimum absolute atomic E-state index is 0.390. The van der Waals surface area contributed by atoms with Crippen LogP contribution in [0.25, 0.3) is 0 Å². The summed E-state index contributed by atoms with van der Waals surface area (Å²) in [6.07, 6.45) is 1.40. The van der Waals surface area contributed by atoms with Crippen LogP contribution in [0.2, 0.25) is 0 Å². The molecular weight excluding hydrogens is 226 g/mol. The number of carbonyl (C=O) groups is 1. The lowest BCUT2D eigenvalue weighted by Crippen LogP contribution is -2.36. The molecule has 2 rings (SSSR count). The van der Waals surface area contributed by atoms with Crippen LogP contribution in [0, 0.1) is 13.8 Å². The van der Waals surface area contributed by atoms with E-state index in [-0.39, 0.29) is 0 Å². The fourth-order valence-corrected chi connectivity index (χ4v) is 2.33. The molecule has 3 nitrogen and oxygen atoms in total. The highest BCUT2D eigenvalue weighted by atomic mass is 16.5. The van der Waals surface area contributed by atoms with E-state index in [1.165, 1.54) is 11.1 Å². The lowest BCUT2D eigenvalue weighted by molar-refractivity contribution is -0.121. The fraction of sp³-hybridized carbons (Fsp3) is 0.533. The van der Waals surface area contributed by atoms with E-state index in [0.717, 1.165) is 25.4 Å². The van der Waals surface area contributed by atoms with Crippen molar-refractivity contribution >= 4 is 5.78 Å². The van der Waals surface area contributed by atoms with E-state index in [4.69, 9.17) is 4.74 Å². The summed E-state index contributed by atoms with van der Waals surface area (Å²) in [7, 11) is 0. The van der Waals surface area contributed by atoms with Gasteiger partial charge in [-0.3, -0.25) is 9.69 Å². The van der Waals surface area contributed by atoms with Crippen LogP contribution in [0.3, 0.4) is 0 Å². The van der Waals surface area contributed by atoms with Gasteiger partial charge in [-0.2, -0.15) is 0 Å². The van der Waals surface area contributed by atoms with Crippen LogP contribution >= 0.6 is 0 Å². The second kappa shape index (κ2) is 6.01. The molecule has 1 fully saturated rings. The van der Waals surface area contributed by atoms with Gasteiger partial charge in [-0.25, -0.2) is 0 Å². The van der Waals surface area contributed by atoms with E-state index in [0.29, 0.717) is 25.2 Å². The highest BCUT2D eigenvalue weighted by molar-refractivity contribution is 5.79. The Morgan fingerprint density at radius 3 is 2.33 bits per heavy atom. The Labute approximate surface area is 109 Å². The highest BCUT2D eigenvalue weighted by Crippen LogP contribution is 2.16. The Bertz CT molecular complexity index is 398. The van der Waals surface area contributed by atoms with Gasteiger partial charge in [-0.15, -0.1) is 0 Å². The lowest BCUT2D eigenvalue weighted by Gasteiger charge is -2.25. The number of likely N-dealkylation sites (tertiary alicyclic amines) is 1. The number of piperidine rings is 1. The number of rotatable bonds is 4. The molecular formula is C15H21NO2. The number of ether oxygens (including phenoxy) is 1. The Morgan fingerprint density at radius 2 is 1.72 bits per heavy atom. The topological polar surface area (TPSA) is 29.5 Å². The summed E-state index contributed by atoms with van der Waals surface area (Å²) >= 11 is 0. The Morgan fingerprint density at radius 1 is 1.11 bits per heavy atom. The number of benzene rings is 1. The summed E-state index contributed by atoms with van der Waals surface area (Å²) in [5.74, 6) is 1.34. The summed E-state index contributed by atoms with van der Waals surface area (Å²) < 4.78 is 5.77. The first-order chi connectivity index (χ1) is 8.63. The van der Waals surface area contributed by atoms with Gasteiger partial charge in [-0.05, 0) is 37.1 Å². The molecule has 1 saturated heterocycles. The lowest BCUT2D eigenvalue weighted by atomic mass is 10.1. The monoisotopic (exact) mass is 247 g/mol. The zero-order valence-corrected chi connectivity index (χ0v) is 11.2. The van der Waals surface area contributed by atoms with E-state index in [2.05, 4.69) is 36.9 Å². The summed E-state index contributed by atoms with van der Waals surface area (Å²) in [4.78, 5) is 13.4. The predicted octanol–water partition coefficient (Wildman–Crippen LogP) is 2.35. The smallest absolute Gasteiger partial charge is 0.135 e. The van der Waals surface area contributed by atoms with Crippen molar-refractivity contribution in [3.63, 3.8) is 0 Å². The fourth-order valence-electron chi connectivity index (χ4n) is 2.33. The number of hydrogen-bond acceptors (Lipinski definition) is 3. The Kier molecular flexibility index (Phi) is 4.37. The Balaban J connectivity index is 1.76. The van der Waals surface area contributed by atoms with Crippen LogP contribution in [0.5, 0.6) is 5.75 Å². The van der Waals surface area contributed by atoms with Crippen LogP contribution in [0.4, 0.5) is 0 Å². The third kappa shape index (κ3) is 3.84. The standard InChI is InChI=1S/C15H21NO2/c1-12-9-13(2)11-15(10-12)18-8-7-16-5-3-14(17)4-6-16/h9-11H,3-8H2,1-2H3. The van der Waals surface area contributed by atoms with Crippen molar-refractivity contribution in [1.82, 2.24) is 4.90 Å². The van der Waals surface area contributed by atoms with Crippen molar-refractivity contribution in [1.29, 1.82) is 0 Å². The van der Waals surface area contributed by atoms with Gasteiger partial charge in [0.15, 0.2) is 0 Å². The molecule has 0 aromatic heterocycles. The van der Waals surface area contributed by atoms with Crippen molar-refractivity contribution in [2.75, 3.05) is 26.2 Å². The van der Waals surface area contributed by atoms with Crippen molar-refractivity contribution in [3.05, 3.63) is 29.3 Å². The molecule has 0 amide bonds. The number of ketones is 1. The van der Waals surface area contributed by atoms with E-state index >= 15 is 0 Å². The van der Waals surface area contributed by atoms with Gasteiger partial charge in [0.2, 0.25) is 0 Å². The molecule has 0 radical (unpaired) electrons. The zero-order chi connectivity index (χ0) is 13.0. The first-order valence-electron chi connectivity index (χ1n) is 6.58. The van der Waals surface area contributed by atoms with E-state index < -0.39 is 0 Å². The molecule has 1 heterocycles. The van der Waals surface area contributed by atoms with Gasteiger partial charge < -0.3 is 4.74 Å². The zero-order valence-electron chi connectivity index (χ0n) is 11.2. The van der Waals surface area contributed by atoms with Gasteiger partial charge in [-0.1, -0.05) is 6.07 Å². The van der Waals surface area contributed by atoms with Gasteiger partial charge >= 0.3 is 0 Å². The van der Waals surface area contributed by atoms with Crippen molar-refractivity contribution in [2.24, 2.45) is 0 Å². The number of Topliss-reactive ketones (excluding diaryl/α,β-unsaturated/α-hetero) is 1. The third-order valence-electron chi connectivity index (χ3n) is 3.29. The summed E-state index contributed by atoms with van der Waals surface area (Å²) in [6, 6.07) is 6.27. The maximum Gasteiger partial charge on any atom is 0.135 e. The largest absolute Gasteiger partial charge is 0.492 e. The molecule has 0 aliphatic carbocycles.